The Hall–Kier alpha value is -1.40. The molecule has 6 heteroatoms. The zero-order valence-corrected chi connectivity index (χ0v) is 17.9. The second-order valence-corrected chi connectivity index (χ2v) is 7.87. The summed E-state index contributed by atoms with van der Waals surface area (Å²) in [5, 5.41) is 4.34. The Bertz CT molecular complexity index is 622. The molecule has 1 saturated carbocycles. The van der Waals surface area contributed by atoms with Crippen molar-refractivity contribution in [3.63, 3.8) is 0 Å². The van der Waals surface area contributed by atoms with Crippen molar-refractivity contribution in [2.75, 3.05) is 32.7 Å². The van der Waals surface area contributed by atoms with Gasteiger partial charge in [0.25, 0.3) is 0 Å². The number of halogens is 1. The number of rotatable bonds is 4. The number of hydrogen-bond acceptors (Lipinski definition) is 5. The predicted octanol–water partition coefficient (Wildman–Crippen LogP) is 4.48. The normalized spacial score (nSPS) is 24.1. The molecule has 1 aliphatic carbocycles. The molecule has 0 unspecified atom stereocenters. The minimum atomic E-state index is 0.560. The van der Waals surface area contributed by atoms with Crippen LogP contribution in [0.3, 0.4) is 0 Å². The monoisotopic (exact) mass is 434 g/mol. The third kappa shape index (κ3) is 5.79. The first-order valence-electron chi connectivity index (χ1n) is 10.2. The van der Waals surface area contributed by atoms with Gasteiger partial charge in [0.2, 0.25) is 0 Å². The maximum Gasteiger partial charge on any atom is 0.318 e. The molecule has 0 aromatic carbocycles. The molecule has 0 atom stereocenters. The number of aliphatic imine (C=N–C) groups is 1. The van der Waals surface area contributed by atoms with Crippen LogP contribution in [0.1, 0.15) is 45.4 Å². The van der Waals surface area contributed by atoms with Crippen molar-refractivity contribution >= 4 is 27.7 Å². The second-order valence-electron chi connectivity index (χ2n) is 7.34. The summed E-state index contributed by atoms with van der Waals surface area (Å²) in [7, 11) is 0. The van der Waals surface area contributed by atoms with Gasteiger partial charge in [-0.2, -0.15) is 0 Å². The number of hydrogen-bond donors (Lipinski definition) is 0. The zero-order chi connectivity index (χ0) is 18.9. The highest BCUT2D eigenvalue weighted by molar-refractivity contribution is 9.11. The van der Waals surface area contributed by atoms with Gasteiger partial charge in [-0.1, -0.05) is 71.1 Å². The molecule has 2 fully saturated rings. The Morgan fingerprint density at radius 3 is 2.44 bits per heavy atom. The first-order valence-corrected chi connectivity index (χ1v) is 11.1. The topological polar surface area (TPSA) is 40.4 Å². The molecule has 148 valence electrons. The number of oxime groups is 1. The maximum absolute atomic E-state index is 5.67. The molecule has 2 heterocycles. The Morgan fingerprint density at radius 2 is 1.85 bits per heavy atom. The largest absolute Gasteiger partial charge is 0.322 e. The fourth-order valence-electron chi connectivity index (χ4n) is 4.07. The SMILES string of the molecule is C\C=C/C(=C\C=C\Br)C1=NOC(N2CCN(C3CCCCCC3)CC2)=NC1. The number of amidine groups is 1. The van der Waals surface area contributed by atoms with Crippen molar-refractivity contribution in [1.29, 1.82) is 0 Å². The predicted molar refractivity (Wildman–Crippen MR) is 116 cm³/mol. The fourth-order valence-corrected chi connectivity index (χ4v) is 4.22. The lowest BCUT2D eigenvalue weighted by Crippen LogP contribution is -2.52. The Balaban J connectivity index is 1.52. The van der Waals surface area contributed by atoms with Gasteiger partial charge in [0.15, 0.2) is 0 Å². The van der Waals surface area contributed by atoms with Crippen LogP contribution in [-0.2, 0) is 4.84 Å². The molecule has 0 aromatic rings. The molecular formula is C21H31BrN4O. The molecule has 27 heavy (non-hydrogen) atoms. The number of allylic oxidation sites excluding steroid dienone is 4. The van der Waals surface area contributed by atoms with Gasteiger partial charge in [-0.15, -0.1) is 0 Å². The van der Waals surface area contributed by atoms with Gasteiger partial charge in [-0.25, -0.2) is 4.99 Å². The van der Waals surface area contributed by atoms with Crippen LogP contribution in [0.15, 0.2) is 45.0 Å². The zero-order valence-electron chi connectivity index (χ0n) is 16.3. The van der Waals surface area contributed by atoms with Gasteiger partial charge in [0.1, 0.15) is 5.71 Å². The Kier molecular flexibility index (Phi) is 8.14. The second kappa shape index (κ2) is 10.8. The first-order chi connectivity index (χ1) is 13.3. The van der Waals surface area contributed by atoms with E-state index in [2.05, 4.69) is 35.9 Å². The minimum absolute atomic E-state index is 0.560. The van der Waals surface area contributed by atoms with E-state index in [1.165, 1.54) is 38.5 Å². The van der Waals surface area contributed by atoms with Gasteiger partial charge >= 0.3 is 6.02 Å². The molecule has 0 amide bonds. The van der Waals surface area contributed by atoms with Gasteiger partial charge in [-0.3, -0.25) is 4.90 Å². The van der Waals surface area contributed by atoms with Crippen LogP contribution >= 0.6 is 15.9 Å². The van der Waals surface area contributed by atoms with E-state index in [-0.39, 0.29) is 0 Å². The van der Waals surface area contributed by atoms with E-state index in [0.717, 1.165) is 43.5 Å². The molecular weight excluding hydrogens is 404 g/mol. The summed E-state index contributed by atoms with van der Waals surface area (Å²) < 4.78 is 0. The fraction of sp³-hybridized carbons (Fsp3) is 0.619. The van der Waals surface area contributed by atoms with E-state index >= 15 is 0 Å². The lowest BCUT2D eigenvalue weighted by molar-refractivity contribution is 0.104. The van der Waals surface area contributed by atoms with Gasteiger partial charge in [0.05, 0.1) is 6.54 Å². The molecule has 3 aliphatic rings. The highest BCUT2D eigenvalue weighted by atomic mass is 79.9. The van der Waals surface area contributed by atoms with Crippen LogP contribution < -0.4 is 0 Å². The summed E-state index contributed by atoms with van der Waals surface area (Å²) in [4.78, 5) is 17.1. The summed E-state index contributed by atoms with van der Waals surface area (Å²) >= 11 is 3.29. The lowest BCUT2D eigenvalue weighted by Gasteiger charge is -2.39. The van der Waals surface area contributed by atoms with Crippen molar-refractivity contribution in [2.45, 2.75) is 51.5 Å². The molecule has 1 saturated heterocycles. The highest BCUT2D eigenvalue weighted by Crippen LogP contribution is 2.23. The average molecular weight is 435 g/mol. The molecule has 0 aromatic heterocycles. The van der Waals surface area contributed by atoms with Gasteiger partial charge in [0, 0.05) is 37.8 Å². The molecule has 0 bridgehead atoms. The Morgan fingerprint density at radius 1 is 1.11 bits per heavy atom. The van der Waals surface area contributed by atoms with E-state index in [1.807, 2.05) is 36.2 Å². The highest BCUT2D eigenvalue weighted by Gasteiger charge is 2.27. The smallest absolute Gasteiger partial charge is 0.318 e. The average Bonchev–Trinajstić information content (AvgIpc) is 3.01. The van der Waals surface area contributed by atoms with E-state index in [4.69, 9.17) is 4.84 Å². The molecule has 0 spiro atoms. The summed E-state index contributed by atoms with van der Waals surface area (Å²) in [5.74, 6) is 0. The third-order valence-corrected chi connectivity index (χ3v) is 5.86. The quantitative estimate of drug-likeness (QED) is 0.483. The van der Waals surface area contributed by atoms with Crippen LogP contribution in [0.2, 0.25) is 0 Å². The van der Waals surface area contributed by atoms with Crippen LogP contribution in [0.25, 0.3) is 0 Å². The lowest BCUT2D eigenvalue weighted by atomic mass is 10.1. The van der Waals surface area contributed by atoms with Crippen molar-refractivity contribution in [3.05, 3.63) is 34.9 Å². The molecule has 2 aliphatic heterocycles. The molecule has 5 nitrogen and oxygen atoms in total. The van der Waals surface area contributed by atoms with E-state index < -0.39 is 0 Å². The van der Waals surface area contributed by atoms with Crippen molar-refractivity contribution in [1.82, 2.24) is 9.80 Å². The van der Waals surface area contributed by atoms with E-state index in [9.17, 15) is 0 Å². The van der Waals surface area contributed by atoms with Gasteiger partial charge in [-0.05, 0) is 24.8 Å². The third-order valence-electron chi connectivity index (χ3n) is 5.56. The standard InChI is InChI=1S/C21H31BrN4O/c1-2-8-18(9-7-12-22)20-17-23-21(27-24-20)26-15-13-25(14-16-26)19-10-5-3-4-6-11-19/h2,7-9,12,19H,3-6,10-11,13-17H2,1H3/b8-2-,12-7+,18-9+. The summed E-state index contributed by atoms with van der Waals surface area (Å²) in [6.45, 7) is 6.71. The van der Waals surface area contributed by atoms with Gasteiger partial charge < -0.3 is 9.74 Å². The number of nitrogens with zero attached hydrogens (tertiary/aromatic N) is 4. The summed E-state index contributed by atoms with van der Waals surface area (Å²) in [6.07, 6.45) is 16.3. The summed E-state index contributed by atoms with van der Waals surface area (Å²) in [5.41, 5.74) is 1.88. The van der Waals surface area contributed by atoms with Crippen LogP contribution in [0.5, 0.6) is 0 Å². The van der Waals surface area contributed by atoms with E-state index in [0.29, 0.717) is 12.6 Å². The minimum Gasteiger partial charge on any atom is -0.322 e. The van der Waals surface area contributed by atoms with Crippen molar-refractivity contribution in [3.8, 4) is 0 Å². The molecule has 0 N–H and O–H groups in total. The van der Waals surface area contributed by atoms with E-state index in [1.54, 1.807) is 0 Å². The molecule has 3 rings (SSSR count). The van der Waals surface area contributed by atoms with Crippen LogP contribution in [0.4, 0.5) is 0 Å². The first kappa shape index (κ1) is 20.3. The maximum atomic E-state index is 5.67. The van der Waals surface area contributed by atoms with Crippen molar-refractivity contribution < 1.29 is 4.84 Å². The van der Waals surface area contributed by atoms with Crippen LogP contribution in [-0.4, -0.2) is 60.3 Å². The Labute approximate surface area is 171 Å². The number of piperazine rings is 1. The summed E-state index contributed by atoms with van der Waals surface area (Å²) in [6, 6.07) is 1.46. The van der Waals surface area contributed by atoms with Crippen molar-refractivity contribution in [2.24, 2.45) is 10.1 Å². The molecule has 0 radical (unpaired) electrons. The van der Waals surface area contributed by atoms with Crippen LogP contribution in [0, 0.1) is 0 Å².